The number of carboxylic acid groups (broad SMARTS) is 1. The lowest BCUT2D eigenvalue weighted by Gasteiger charge is -2.27. The second-order valence-corrected chi connectivity index (χ2v) is 6.68. The molecular weight excluding hydrogens is 425 g/mol. The molecule has 9 heteroatoms. The molecule has 0 aromatic heterocycles. The van der Waals surface area contributed by atoms with Gasteiger partial charge in [0, 0.05) is 11.6 Å². The molecule has 1 unspecified atom stereocenters. The van der Waals surface area contributed by atoms with E-state index in [1.54, 1.807) is 18.2 Å². The zero-order chi connectivity index (χ0) is 22.1. The van der Waals surface area contributed by atoms with Crippen LogP contribution in [0.3, 0.4) is 0 Å². The van der Waals surface area contributed by atoms with E-state index in [0.717, 1.165) is 11.6 Å². The summed E-state index contributed by atoms with van der Waals surface area (Å²) in [4.78, 5) is 11.2. The predicted octanol–water partition coefficient (Wildman–Crippen LogP) is 5.97. The van der Waals surface area contributed by atoms with Crippen LogP contribution < -0.4 is 14.2 Å². The number of carboxylic acids is 1. The van der Waals surface area contributed by atoms with Crippen molar-refractivity contribution in [2.24, 2.45) is 0 Å². The number of alkyl halides is 3. The van der Waals surface area contributed by atoms with Crippen LogP contribution in [0.1, 0.15) is 18.1 Å². The first-order valence-electron chi connectivity index (χ1n) is 8.64. The highest BCUT2D eigenvalue weighted by Gasteiger charge is 2.48. The number of carbonyl (C=O) groups is 1. The lowest BCUT2D eigenvalue weighted by atomic mass is 10.0. The van der Waals surface area contributed by atoms with Gasteiger partial charge in [0.2, 0.25) is 6.10 Å². The molecular formula is C21H16ClF3O5. The maximum atomic E-state index is 13.3. The molecule has 3 rings (SSSR count). The zero-order valence-electron chi connectivity index (χ0n) is 15.8. The summed E-state index contributed by atoms with van der Waals surface area (Å²) in [6.45, 7) is 1.86. The average molecular weight is 441 g/mol. The van der Waals surface area contributed by atoms with Crippen LogP contribution in [0.15, 0.2) is 42.0 Å². The van der Waals surface area contributed by atoms with Crippen LogP contribution >= 0.6 is 11.6 Å². The third-order valence-electron chi connectivity index (χ3n) is 4.21. The van der Waals surface area contributed by atoms with Crippen molar-refractivity contribution < 1.29 is 37.3 Å². The molecule has 2 aromatic rings. The number of rotatable bonds is 5. The summed E-state index contributed by atoms with van der Waals surface area (Å²) in [6.07, 6.45) is -2.92. The molecule has 0 radical (unpaired) electrons. The quantitative estimate of drug-likeness (QED) is 0.621. The van der Waals surface area contributed by atoms with Crippen LogP contribution in [0.5, 0.6) is 23.0 Å². The zero-order valence-corrected chi connectivity index (χ0v) is 16.5. The number of benzene rings is 2. The van der Waals surface area contributed by atoms with Gasteiger partial charge >= 0.3 is 12.1 Å². The Kier molecular flexibility index (Phi) is 5.98. The van der Waals surface area contributed by atoms with Gasteiger partial charge in [0.15, 0.2) is 11.5 Å². The van der Waals surface area contributed by atoms with Gasteiger partial charge in [-0.15, -0.1) is 0 Å². The molecule has 0 aliphatic carbocycles. The first-order valence-corrected chi connectivity index (χ1v) is 9.02. The van der Waals surface area contributed by atoms with Crippen LogP contribution in [-0.4, -0.2) is 30.5 Å². The molecule has 1 N–H and O–H groups in total. The molecule has 0 saturated heterocycles. The number of ether oxygens (including phenoxy) is 3. The summed E-state index contributed by atoms with van der Waals surface area (Å²) in [6, 6.07) is 7.58. The maximum absolute atomic E-state index is 13.3. The van der Waals surface area contributed by atoms with E-state index < -0.39 is 23.8 Å². The molecule has 0 saturated carbocycles. The van der Waals surface area contributed by atoms with Crippen LogP contribution in [0.4, 0.5) is 13.2 Å². The minimum Gasteiger partial charge on any atom is -0.493 e. The number of aliphatic carboxylic acids is 1. The Hall–Kier alpha value is -3.13. The molecule has 1 heterocycles. The van der Waals surface area contributed by atoms with Crippen molar-refractivity contribution >= 4 is 29.7 Å². The van der Waals surface area contributed by atoms with Gasteiger partial charge in [-0.05, 0) is 36.8 Å². The van der Waals surface area contributed by atoms with Gasteiger partial charge in [0.1, 0.15) is 11.5 Å². The highest BCUT2D eigenvalue weighted by Crippen LogP contribution is 2.43. The lowest BCUT2D eigenvalue weighted by molar-refractivity contribution is -0.187. The summed E-state index contributed by atoms with van der Waals surface area (Å²) in [5.74, 6) is -1.23. The molecule has 1 aliphatic heterocycles. The third-order valence-corrected chi connectivity index (χ3v) is 4.51. The fourth-order valence-corrected chi connectivity index (χ4v) is 3.09. The van der Waals surface area contributed by atoms with E-state index in [9.17, 15) is 18.0 Å². The largest absolute Gasteiger partial charge is 0.493 e. The number of hydrogen-bond acceptors (Lipinski definition) is 4. The van der Waals surface area contributed by atoms with Crippen molar-refractivity contribution in [3.63, 3.8) is 0 Å². The van der Waals surface area contributed by atoms with E-state index in [2.05, 4.69) is 0 Å². The van der Waals surface area contributed by atoms with Gasteiger partial charge in [-0.25, -0.2) is 4.79 Å². The summed E-state index contributed by atoms with van der Waals surface area (Å²) < 4.78 is 55.8. The predicted molar refractivity (Wildman–Crippen MR) is 105 cm³/mol. The van der Waals surface area contributed by atoms with Gasteiger partial charge in [0.05, 0.1) is 17.7 Å². The van der Waals surface area contributed by atoms with Crippen molar-refractivity contribution in [1.29, 1.82) is 0 Å². The molecule has 158 valence electrons. The van der Waals surface area contributed by atoms with Crippen molar-refractivity contribution in [3.05, 3.63) is 58.1 Å². The van der Waals surface area contributed by atoms with E-state index >= 15 is 0 Å². The smallest absolute Gasteiger partial charge is 0.430 e. The highest BCUT2D eigenvalue weighted by molar-refractivity contribution is 6.32. The molecule has 5 nitrogen and oxygen atoms in total. The Morgan fingerprint density at radius 3 is 2.53 bits per heavy atom. The fourth-order valence-electron chi connectivity index (χ4n) is 2.88. The number of allylic oxidation sites excluding steroid dienone is 1. The van der Waals surface area contributed by atoms with Crippen molar-refractivity contribution in [1.82, 2.24) is 0 Å². The normalized spacial score (nSPS) is 15.9. The van der Waals surface area contributed by atoms with Gasteiger partial charge in [-0.1, -0.05) is 29.8 Å². The molecule has 2 aromatic carbocycles. The van der Waals surface area contributed by atoms with E-state index in [1.807, 2.05) is 19.1 Å². The second kappa shape index (κ2) is 8.31. The van der Waals surface area contributed by atoms with Crippen molar-refractivity contribution in [3.8, 4) is 23.0 Å². The standard InChI is InChI=1S/C21H16ClF3O5/c1-3-4-11-5-6-15(18(7-11)28-2)29-17-10-16-12(9-14(17)22)8-13(20(26)27)19(30-16)21(23,24)25/h3-10,19H,1-2H3,(H,26,27)/b4-3+. The van der Waals surface area contributed by atoms with Crippen LogP contribution in [-0.2, 0) is 4.79 Å². The summed E-state index contributed by atoms with van der Waals surface area (Å²) in [5, 5.41) is 9.17. The monoisotopic (exact) mass is 440 g/mol. The van der Waals surface area contributed by atoms with Gasteiger partial charge in [-0.2, -0.15) is 13.2 Å². The number of fused-ring (bicyclic) bond motifs is 1. The Bertz CT molecular complexity index is 1040. The number of methoxy groups -OCH3 is 1. The SMILES string of the molecule is C/C=C/c1ccc(Oc2cc3c(cc2Cl)C=C(C(=O)O)C(C(F)(F)F)O3)c(OC)c1. The maximum Gasteiger partial charge on any atom is 0.430 e. The van der Waals surface area contributed by atoms with Crippen LogP contribution in [0.2, 0.25) is 5.02 Å². The summed E-state index contributed by atoms with van der Waals surface area (Å²) in [5.41, 5.74) is 0.0301. The lowest BCUT2D eigenvalue weighted by Crippen LogP contribution is -2.40. The Morgan fingerprint density at radius 2 is 1.93 bits per heavy atom. The van der Waals surface area contributed by atoms with E-state index in [0.29, 0.717) is 5.75 Å². The molecule has 1 atom stereocenters. The molecule has 0 amide bonds. The second-order valence-electron chi connectivity index (χ2n) is 6.28. The van der Waals surface area contributed by atoms with Gasteiger partial charge in [0.25, 0.3) is 0 Å². The molecule has 0 fully saturated rings. The Labute approximate surface area is 174 Å². The van der Waals surface area contributed by atoms with Gasteiger partial charge in [-0.3, -0.25) is 0 Å². The summed E-state index contributed by atoms with van der Waals surface area (Å²) in [7, 11) is 1.45. The molecule has 0 bridgehead atoms. The van der Waals surface area contributed by atoms with Crippen molar-refractivity contribution in [2.75, 3.05) is 7.11 Å². The first kappa shape index (κ1) is 21.6. The third kappa shape index (κ3) is 4.38. The number of hydrogen-bond donors (Lipinski definition) is 1. The Morgan fingerprint density at radius 1 is 1.20 bits per heavy atom. The minimum atomic E-state index is -4.91. The van der Waals surface area contributed by atoms with Crippen molar-refractivity contribution in [2.45, 2.75) is 19.2 Å². The van der Waals surface area contributed by atoms with E-state index in [1.165, 1.54) is 19.2 Å². The Balaban J connectivity index is 2.00. The topological polar surface area (TPSA) is 65.0 Å². The fraction of sp³-hybridized carbons (Fsp3) is 0.190. The molecule has 30 heavy (non-hydrogen) atoms. The molecule has 1 aliphatic rings. The van der Waals surface area contributed by atoms with Gasteiger partial charge < -0.3 is 19.3 Å². The van der Waals surface area contributed by atoms with E-state index in [4.69, 9.17) is 30.9 Å². The van der Waals surface area contributed by atoms with Crippen LogP contribution in [0, 0.1) is 0 Å². The average Bonchev–Trinajstić information content (AvgIpc) is 2.68. The number of halogens is 4. The first-order chi connectivity index (χ1) is 14.1. The minimum absolute atomic E-state index is 0.0283. The summed E-state index contributed by atoms with van der Waals surface area (Å²) >= 11 is 6.21. The van der Waals surface area contributed by atoms with Crippen LogP contribution in [0.25, 0.3) is 12.2 Å². The highest BCUT2D eigenvalue weighted by atomic mass is 35.5. The van der Waals surface area contributed by atoms with E-state index in [-0.39, 0.29) is 27.8 Å². The molecule has 0 spiro atoms.